The van der Waals surface area contributed by atoms with Gasteiger partial charge in [0, 0.05) is 17.8 Å². The summed E-state index contributed by atoms with van der Waals surface area (Å²) in [5, 5.41) is 7.83. The highest BCUT2D eigenvalue weighted by Gasteiger charge is 2.12. The van der Waals surface area contributed by atoms with Gasteiger partial charge >= 0.3 is 0 Å². The number of hydrogen-bond donors (Lipinski definition) is 2. The van der Waals surface area contributed by atoms with Crippen LogP contribution in [0.15, 0.2) is 35.3 Å². The van der Waals surface area contributed by atoms with E-state index < -0.39 is 0 Å². The molecule has 0 amide bonds. The number of hydrogen-bond acceptors (Lipinski definition) is 2. The van der Waals surface area contributed by atoms with Crippen molar-refractivity contribution in [2.24, 2.45) is 10.7 Å². The van der Waals surface area contributed by atoms with Crippen LogP contribution in [0.2, 0.25) is 0 Å². The third-order valence-electron chi connectivity index (χ3n) is 4.19. The van der Waals surface area contributed by atoms with Crippen LogP contribution in [0, 0.1) is 13.8 Å². The molecule has 2 rings (SSSR count). The van der Waals surface area contributed by atoms with Gasteiger partial charge in [0.25, 0.3) is 0 Å². The lowest BCUT2D eigenvalue weighted by Crippen LogP contribution is -2.32. The van der Waals surface area contributed by atoms with E-state index in [2.05, 4.69) is 41.4 Å². The molecule has 0 saturated heterocycles. The summed E-state index contributed by atoms with van der Waals surface area (Å²) in [5.41, 5.74) is 10.3. The van der Waals surface area contributed by atoms with Gasteiger partial charge in [0.15, 0.2) is 5.96 Å². The van der Waals surface area contributed by atoms with Crippen LogP contribution in [0.25, 0.3) is 5.69 Å². The van der Waals surface area contributed by atoms with Crippen LogP contribution in [-0.4, -0.2) is 22.3 Å². The normalized spacial score (nSPS) is 11.2. The number of aromatic nitrogens is 2. The molecule has 0 fully saturated rings. The average molecular weight is 455 g/mol. The number of unbranched alkanes of at least 4 members (excludes halogenated alkanes) is 3. The molecule has 25 heavy (non-hydrogen) atoms. The number of guanidine groups is 1. The van der Waals surface area contributed by atoms with Crippen LogP contribution in [0.5, 0.6) is 0 Å². The fourth-order valence-corrected chi connectivity index (χ4v) is 2.71. The molecular formula is C19H30IN5. The minimum Gasteiger partial charge on any atom is -0.370 e. The van der Waals surface area contributed by atoms with Crippen LogP contribution in [0.1, 0.15) is 49.6 Å². The first-order valence-electron chi connectivity index (χ1n) is 8.77. The van der Waals surface area contributed by atoms with E-state index >= 15 is 0 Å². The highest BCUT2D eigenvalue weighted by Crippen LogP contribution is 2.18. The first-order chi connectivity index (χ1) is 11.6. The Labute approximate surface area is 168 Å². The zero-order valence-electron chi connectivity index (χ0n) is 15.5. The first kappa shape index (κ1) is 21.5. The first-order valence-corrected chi connectivity index (χ1v) is 8.77. The summed E-state index contributed by atoms with van der Waals surface area (Å²) in [6.45, 7) is 7.75. The molecule has 1 heterocycles. The molecule has 2 aromatic rings. The van der Waals surface area contributed by atoms with Gasteiger partial charge in [0.2, 0.25) is 0 Å². The summed E-state index contributed by atoms with van der Waals surface area (Å²) in [5.74, 6) is 0.512. The number of para-hydroxylation sites is 1. The van der Waals surface area contributed by atoms with Crippen molar-refractivity contribution in [3.8, 4) is 5.69 Å². The maximum absolute atomic E-state index is 5.97. The van der Waals surface area contributed by atoms with E-state index in [0.717, 1.165) is 35.6 Å². The molecule has 3 N–H and O–H groups in total. The SMILES string of the molecule is CCCCCCNC(N)=NCc1c(C)nn(-c2ccccc2)c1C.I. The standard InChI is InChI=1S/C19H29N5.HI/c1-4-5-6-10-13-21-19(20)22-14-18-15(2)23-24(16(18)3)17-11-8-7-9-12-17;/h7-9,11-12H,4-6,10,13-14H2,1-3H3,(H3,20,21,22);1H. The molecule has 0 aliphatic carbocycles. The Balaban J connectivity index is 0.00000312. The van der Waals surface area contributed by atoms with E-state index in [-0.39, 0.29) is 24.0 Å². The van der Waals surface area contributed by atoms with Gasteiger partial charge in [-0.05, 0) is 32.4 Å². The molecule has 1 aromatic heterocycles. The van der Waals surface area contributed by atoms with Crippen molar-refractivity contribution in [3.63, 3.8) is 0 Å². The van der Waals surface area contributed by atoms with Crippen molar-refractivity contribution < 1.29 is 0 Å². The van der Waals surface area contributed by atoms with E-state index in [0.29, 0.717) is 12.5 Å². The maximum Gasteiger partial charge on any atom is 0.188 e. The highest BCUT2D eigenvalue weighted by molar-refractivity contribution is 14.0. The summed E-state index contributed by atoms with van der Waals surface area (Å²) >= 11 is 0. The van der Waals surface area contributed by atoms with Crippen molar-refractivity contribution in [3.05, 3.63) is 47.3 Å². The Morgan fingerprint density at radius 1 is 1.16 bits per heavy atom. The van der Waals surface area contributed by atoms with Gasteiger partial charge in [-0.25, -0.2) is 9.67 Å². The van der Waals surface area contributed by atoms with Crippen LogP contribution < -0.4 is 11.1 Å². The van der Waals surface area contributed by atoms with Crippen molar-refractivity contribution in [2.45, 2.75) is 53.0 Å². The number of halogens is 1. The van der Waals surface area contributed by atoms with Crippen LogP contribution in [0.4, 0.5) is 0 Å². The lowest BCUT2D eigenvalue weighted by molar-refractivity contribution is 0.652. The number of rotatable bonds is 8. The van der Waals surface area contributed by atoms with E-state index in [9.17, 15) is 0 Å². The molecule has 0 spiro atoms. The molecule has 0 radical (unpaired) electrons. The molecule has 0 bridgehead atoms. The smallest absolute Gasteiger partial charge is 0.188 e. The molecule has 0 saturated carbocycles. The predicted molar refractivity (Wildman–Crippen MR) is 116 cm³/mol. The number of nitrogens with zero attached hydrogens (tertiary/aromatic N) is 3. The van der Waals surface area contributed by atoms with Crippen molar-refractivity contribution >= 4 is 29.9 Å². The Morgan fingerprint density at radius 3 is 2.56 bits per heavy atom. The van der Waals surface area contributed by atoms with E-state index in [1.165, 1.54) is 19.3 Å². The highest BCUT2D eigenvalue weighted by atomic mass is 127. The number of aliphatic imine (C=N–C) groups is 1. The van der Waals surface area contributed by atoms with Gasteiger partial charge in [-0.15, -0.1) is 24.0 Å². The molecule has 6 heteroatoms. The third kappa shape index (κ3) is 6.34. The summed E-state index contributed by atoms with van der Waals surface area (Å²) in [7, 11) is 0. The molecule has 5 nitrogen and oxygen atoms in total. The van der Waals surface area contributed by atoms with Crippen LogP contribution >= 0.6 is 24.0 Å². The van der Waals surface area contributed by atoms with Gasteiger partial charge in [-0.3, -0.25) is 0 Å². The van der Waals surface area contributed by atoms with Gasteiger partial charge < -0.3 is 11.1 Å². The lowest BCUT2D eigenvalue weighted by atomic mass is 10.2. The summed E-state index contributed by atoms with van der Waals surface area (Å²) < 4.78 is 1.97. The predicted octanol–water partition coefficient (Wildman–Crippen LogP) is 4.09. The van der Waals surface area contributed by atoms with Gasteiger partial charge in [0.05, 0.1) is 17.9 Å². The maximum atomic E-state index is 5.97. The van der Waals surface area contributed by atoms with Gasteiger partial charge in [-0.1, -0.05) is 44.4 Å². The van der Waals surface area contributed by atoms with E-state index in [1.54, 1.807) is 0 Å². The minimum atomic E-state index is 0. The zero-order chi connectivity index (χ0) is 17.4. The molecule has 0 aliphatic rings. The second kappa shape index (κ2) is 11.1. The number of nitrogens with two attached hydrogens (primary N) is 1. The third-order valence-corrected chi connectivity index (χ3v) is 4.19. The zero-order valence-corrected chi connectivity index (χ0v) is 17.8. The number of aryl methyl sites for hydroxylation is 1. The largest absolute Gasteiger partial charge is 0.370 e. The van der Waals surface area contributed by atoms with Crippen molar-refractivity contribution in [1.82, 2.24) is 15.1 Å². The summed E-state index contributed by atoms with van der Waals surface area (Å²) in [4.78, 5) is 4.47. The topological polar surface area (TPSA) is 68.2 Å². The Kier molecular flexibility index (Phi) is 9.55. The fraction of sp³-hybridized carbons (Fsp3) is 0.474. The van der Waals surface area contributed by atoms with Crippen LogP contribution in [0.3, 0.4) is 0 Å². The quantitative estimate of drug-likeness (QED) is 0.273. The Morgan fingerprint density at radius 2 is 1.88 bits per heavy atom. The Hall–Kier alpha value is -1.57. The monoisotopic (exact) mass is 455 g/mol. The average Bonchev–Trinajstić information content (AvgIpc) is 2.88. The number of nitrogens with one attached hydrogen (secondary N) is 1. The van der Waals surface area contributed by atoms with Gasteiger partial charge in [0.1, 0.15) is 0 Å². The van der Waals surface area contributed by atoms with E-state index in [1.807, 2.05) is 29.8 Å². The van der Waals surface area contributed by atoms with Gasteiger partial charge in [-0.2, -0.15) is 5.10 Å². The second-order valence-electron chi connectivity index (χ2n) is 6.09. The fourth-order valence-electron chi connectivity index (χ4n) is 2.71. The second-order valence-corrected chi connectivity index (χ2v) is 6.09. The molecular weight excluding hydrogens is 425 g/mol. The molecule has 1 aromatic carbocycles. The molecule has 0 atom stereocenters. The Bertz CT molecular complexity index is 664. The number of benzene rings is 1. The molecule has 138 valence electrons. The van der Waals surface area contributed by atoms with Crippen molar-refractivity contribution in [2.75, 3.05) is 6.54 Å². The van der Waals surface area contributed by atoms with E-state index in [4.69, 9.17) is 5.73 Å². The van der Waals surface area contributed by atoms with Crippen LogP contribution in [-0.2, 0) is 6.54 Å². The summed E-state index contributed by atoms with van der Waals surface area (Å²) in [6, 6.07) is 10.2. The lowest BCUT2D eigenvalue weighted by Gasteiger charge is -2.06. The minimum absolute atomic E-state index is 0. The molecule has 0 aliphatic heterocycles. The van der Waals surface area contributed by atoms with Crippen molar-refractivity contribution in [1.29, 1.82) is 0 Å². The molecule has 0 unspecified atom stereocenters. The summed E-state index contributed by atoms with van der Waals surface area (Å²) in [6.07, 6.45) is 4.89.